The molecule has 3 rings (SSSR count). The van der Waals surface area contributed by atoms with E-state index >= 15 is 0 Å². The van der Waals surface area contributed by atoms with Crippen LogP contribution in [0.25, 0.3) is 0 Å². The van der Waals surface area contributed by atoms with Crippen molar-refractivity contribution in [2.45, 2.75) is 58.3 Å². The molecule has 1 amide bonds. The third-order valence-corrected chi connectivity index (χ3v) is 6.05. The second kappa shape index (κ2) is 7.32. The molecule has 3 fully saturated rings. The second-order valence-corrected chi connectivity index (χ2v) is 7.54. The van der Waals surface area contributed by atoms with Crippen LogP contribution in [0.1, 0.15) is 58.3 Å². The molecule has 1 spiro atoms. The lowest BCUT2D eigenvalue weighted by atomic mass is 9.77. The number of hydrogen-bond donors (Lipinski definition) is 1. The fourth-order valence-electron chi connectivity index (χ4n) is 4.58. The molecule has 21 heavy (non-hydrogen) atoms. The molecule has 4 heteroatoms. The minimum atomic E-state index is 0. The Labute approximate surface area is 135 Å². The van der Waals surface area contributed by atoms with E-state index in [4.69, 9.17) is 0 Å². The van der Waals surface area contributed by atoms with Gasteiger partial charge in [-0.15, -0.1) is 12.4 Å². The van der Waals surface area contributed by atoms with E-state index in [0.717, 1.165) is 25.4 Å². The summed E-state index contributed by atoms with van der Waals surface area (Å²) in [6.45, 7) is 6.49. The summed E-state index contributed by atoms with van der Waals surface area (Å²) in [6, 6.07) is 0. The fourth-order valence-corrected chi connectivity index (χ4v) is 4.58. The van der Waals surface area contributed by atoms with Gasteiger partial charge in [-0.05, 0) is 43.6 Å². The molecule has 0 radical (unpaired) electrons. The molecular formula is C17H31ClN2O. The van der Waals surface area contributed by atoms with Gasteiger partial charge in [0, 0.05) is 25.6 Å². The number of amides is 1. The van der Waals surface area contributed by atoms with E-state index < -0.39 is 0 Å². The summed E-state index contributed by atoms with van der Waals surface area (Å²) in [5, 5.41) is 3.49. The van der Waals surface area contributed by atoms with Gasteiger partial charge in [-0.25, -0.2) is 0 Å². The van der Waals surface area contributed by atoms with Crippen molar-refractivity contribution in [3.05, 3.63) is 0 Å². The Bertz CT molecular complexity index is 339. The Morgan fingerprint density at radius 2 is 1.90 bits per heavy atom. The predicted molar refractivity (Wildman–Crippen MR) is 88.7 cm³/mol. The van der Waals surface area contributed by atoms with E-state index in [9.17, 15) is 4.79 Å². The first kappa shape index (κ1) is 17.1. The van der Waals surface area contributed by atoms with Crippen molar-refractivity contribution in [2.75, 3.05) is 26.2 Å². The third kappa shape index (κ3) is 3.92. The van der Waals surface area contributed by atoms with Crippen LogP contribution in [0.15, 0.2) is 0 Å². The van der Waals surface area contributed by atoms with Crippen LogP contribution in [0, 0.1) is 17.3 Å². The molecule has 0 aromatic rings. The highest BCUT2D eigenvalue weighted by atomic mass is 35.5. The number of piperidine rings is 1. The summed E-state index contributed by atoms with van der Waals surface area (Å²) in [4.78, 5) is 14.8. The van der Waals surface area contributed by atoms with Gasteiger partial charge in [0.15, 0.2) is 0 Å². The zero-order valence-electron chi connectivity index (χ0n) is 13.4. The number of likely N-dealkylation sites (tertiary alicyclic amines) is 1. The molecule has 0 aromatic carbocycles. The smallest absolute Gasteiger partial charge is 0.225 e. The van der Waals surface area contributed by atoms with Crippen molar-refractivity contribution in [1.29, 1.82) is 0 Å². The average molecular weight is 315 g/mol. The summed E-state index contributed by atoms with van der Waals surface area (Å²) >= 11 is 0. The maximum atomic E-state index is 12.6. The van der Waals surface area contributed by atoms with Crippen LogP contribution in [0.5, 0.6) is 0 Å². The summed E-state index contributed by atoms with van der Waals surface area (Å²) < 4.78 is 0. The molecule has 122 valence electrons. The van der Waals surface area contributed by atoms with Crippen molar-refractivity contribution in [3.63, 3.8) is 0 Å². The number of nitrogens with zero attached hydrogens (tertiary/aromatic N) is 1. The van der Waals surface area contributed by atoms with E-state index in [2.05, 4.69) is 17.1 Å². The molecule has 1 saturated carbocycles. The van der Waals surface area contributed by atoms with Crippen LogP contribution in [-0.4, -0.2) is 37.0 Å². The first-order chi connectivity index (χ1) is 9.69. The van der Waals surface area contributed by atoms with E-state index in [1.54, 1.807) is 0 Å². The molecule has 3 aliphatic rings. The Balaban J connectivity index is 0.00000161. The van der Waals surface area contributed by atoms with Crippen LogP contribution in [0.4, 0.5) is 0 Å². The van der Waals surface area contributed by atoms with Crippen LogP contribution in [-0.2, 0) is 4.79 Å². The molecule has 1 unspecified atom stereocenters. The molecule has 3 nitrogen and oxygen atoms in total. The van der Waals surface area contributed by atoms with Crippen molar-refractivity contribution in [3.8, 4) is 0 Å². The Hall–Kier alpha value is -0.280. The van der Waals surface area contributed by atoms with E-state index in [-0.39, 0.29) is 18.3 Å². The normalized spacial score (nSPS) is 26.8. The number of nitrogens with one attached hydrogen (secondary N) is 1. The lowest BCUT2D eigenvalue weighted by Crippen LogP contribution is -2.45. The highest BCUT2D eigenvalue weighted by Crippen LogP contribution is 2.37. The van der Waals surface area contributed by atoms with Crippen LogP contribution >= 0.6 is 12.4 Å². The zero-order chi connectivity index (χ0) is 14.0. The number of carbonyl (C=O) groups is 1. The van der Waals surface area contributed by atoms with E-state index in [1.165, 1.54) is 58.0 Å². The van der Waals surface area contributed by atoms with Crippen LogP contribution in [0.3, 0.4) is 0 Å². The van der Waals surface area contributed by atoms with Gasteiger partial charge in [-0.2, -0.15) is 0 Å². The second-order valence-electron chi connectivity index (χ2n) is 7.54. The summed E-state index contributed by atoms with van der Waals surface area (Å²) in [5.41, 5.74) is 0.519. The molecule has 0 aromatic heterocycles. The maximum absolute atomic E-state index is 12.6. The third-order valence-electron chi connectivity index (χ3n) is 6.05. The minimum Gasteiger partial charge on any atom is -0.342 e. The highest BCUT2D eigenvalue weighted by molar-refractivity contribution is 5.85. The van der Waals surface area contributed by atoms with Gasteiger partial charge in [0.2, 0.25) is 5.91 Å². The van der Waals surface area contributed by atoms with Crippen LogP contribution < -0.4 is 5.32 Å². The van der Waals surface area contributed by atoms with Gasteiger partial charge in [0.1, 0.15) is 0 Å². The van der Waals surface area contributed by atoms with E-state index in [1.807, 2.05) is 0 Å². The first-order valence-corrected chi connectivity index (χ1v) is 8.68. The van der Waals surface area contributed by atoms with Gasteiger partial charge in [-0.1, -0.05) is 32.6 Å². The molecular weight excluding hydrogens is 284 g/mol. The van der Waals surface area contributed by atoms with Gasteiger partial charge in [0.05, 0.1) is 0 Å². The highest BCUT2D eigenvalue weighted by Gasteiger charge is 2.38. The Morgan fingerprint density at radius 1 is 1.24 bits per heavy atom. The molecule has 2 aliphatic heterocycles. The van der Waals surface area contributed by atoms with Crippen molar-refractivity contribution in [1.82, 2.24) is 10.2 Å². The Morgan fingerprint density at radius 3 is 2.48 bits per heavy atom. The van der Waals surface area contributed by atoms with Crippen molar-refractivity contribution >= 4 is 18.3 Å². The number of carbonyl (C=O) groups excluding carboxylic acids is 1. The summed E-state index contributed by atoms with van der Waals surface area (Å²) in [6.07, 6.45) is 10.3. The molecule has 1 atom stereocenters. The topological polar surface area (TPSA) is 32.3 Å². The van der Waals surface area contributed by atoms with Gasteiger partial charge in [-0.3, -0.25) is 4.79 Å². The van der Waals surface area contributed by atoms with Gasteiger partial charge >= 0.3 is 0 Å². The quantitative estimate of drug-likeness (QED) is 0.867. The van der Waals surface area contributed by atoms with Crippen molar-refractivity contribution < 1.29 is 4.79 Å². The minimum absolute atomic E-state index is 0. The standard InChI is InChI=1S/C17H30N2O.ClH/c1-14(12-15-4-2-3-5-15)16(20)19-10-7-17(8-11-19)6-9-18-13-17;/h14-15,18H,2-13H2,1H3;1H. The molecule has 1 N–H and O–H groups in total. The van der Waals surface area contributed by atoms with Crippen molar-refractivity contribution in [2.24, 2.45) is 17.3 Å². The SMILES string of the molecule is CC(CC1CCCC1)C(=O)N1CCC2(CCNC2)CC1.Cl. The molecule has 1 aliphatic carbocycles. The Kier molecular flexibility index (Phi) is 5.96. The maximum Gasteiger partial charge on any atom is 0.225 e. The van der Waals surface area contributed by atoms with Gasteiger partial charge in [0.25, 0.3) is 0 Å². The fraction of sp³-hybridized carbons (Fsp3) is 0.941. The number of rotatable bonds is 3. The first-order valence-electron chi connectivity index (χ1n) is 8.68. The lowest BCUT2D eigenvalue weighted by Gasteiger charge is -2.40. The largest absolute Gasteiger partial charge is 0.342 e. The number of halogens is 1. The van der Waals surface area contributed by atoms with E-state index in [0.29, 0.717) is 11.3 Å². The molecule has 2 saturated heterocycles. The summed E-state index contributed by atoms with van der Waals surface area (Å²) in [5.74, 6) is 1.50. The van der Waals surface area contributed by atoms with Crippen LogP contribution in [0.2, 0.25) is 0 Å². The lowest BCUT2D eigenvalue weighted by molar-refractivity contribution is -0.137. The summed E-state index contributed by atoms with van der Waals surface area (Å²) in [7, 11) is 0. The monoisotopic (exact) mass is 314 g/mol. The predicted octanol–water partition coefficient (Wildman–Crippen LogP) is 3.23. The number of hydrogen-bond acceptors (Lipinski definition) is 2. The molecule has 2 heterocycles. The average Bonchev–Trinajstić information content (AvgIpc) is 3.11. The zero-order valence-corrected chi connectivity index (χ0v) is 14.2. The van der Waals surface area contributed by atoms with Gasteiger partial charge < -0.3 is 10.2 Å². The molecule has 0 bridgehead atoms.